The van der Waals surface area contributed by atoms with Gasteiger partial charge in [0.05, 0.1) is 12.1 Å². The lowest BCUT2D eigenvalue weighted by molar-refractivity contribution is -0.00348. The molecule has 4 rings (SSSR count). The molecule has 2 fully saturated rings. The molecule has 2 heteroatoms. The van der Waals surface area contributed by atoms with Crippen molar-refractivity contribution in [3.05, 3.63) is 65.7 Å². The minimum absolute atomic E-state index is 0.0178. The van der Waals surface area contributed by atoms with E-state index in [-0.39, 0.29) is 6.23 Å². The summed E-state index contributed by atoms with van der Waals surface area (Å²) in [6, 6.07) is 19.8. The standard InChI is InChI=1S/C23H29NO/c1-17-11-9-10-16-21(17)24-18(2)22(19-12-5-3-6-13-19)25-23(24)20-14-7-4-8-15-20/h4,7-11,14-16,18-19,22-23H,3,5-6,12-13H2,1-2H3/t18-,22?,23?/m0/s1. The van der Waals surface area contributed by atoms with Crippen LogP contribution in [0.2, 0.25) is 0 Å². The Morgan fingerprint density at radius 1 is 0.880 bits per heavy atom. The first-order chi connectivity index (χ1) is 12.3. The number of anilines is 1. The predicted molar refractivity (Wildman–Crippen MR) is 104 cm³/mol. The van der Waals surface area contributed by atoms with Crippen molar-refractivity contribution in [2.24, 2.45) is 5.92 Å². The molecule has 0 amide bonds. The van der Waals surface area contributed by atoms with E-state index >= 15 is 0 Å². The average molecular weight is 335 g/mol. The lowest BCUT2D eigenvalue weighted by atomic mass is 9.83. The lowest BCUT2D eigenvalue weighted by Crippen LogP contribution is -2.38. The van der Waals surface area contributed by atoms with Gasteiger partial charge in [0.2, 0.25) is 0 Å². The SMILES string of the molecule is Cc1ccccc1N1C(c2ccccc2)OC(C2CCCCC2)[C@@H]1C. The zero-order valence-corrected chi connectivity index (χ0v) is 15.4. The van der Waals surface area contributed by atoms with E-state index in [0.717, 1.165) is 0 Å². The molecule has 0 radical (unpaired) electrons. The number of aryl methyl sites for hydroxylation is 1. The summed E-state index contributed by atoms with van der Waals surface area (Å²) in [6.07, 6.45) is 7.08. The summed E-state index contributed by atoms with van der Waals surface area (Å²) in [6.45, 7) is 4.56. The maximum atomic E-state index is 6.75. The van der Waals surface area contributed by atoms with Crippen molar-refractivity contribution in [3.63, 3.8) is 0 Å². The molecule has 2 nitrogen and oxygen atoms in total. The quantitative estimate of drug-likeness (QED) is 0.696. The number of para-hydroxylation sites is 1. The Kier molecular flexibility index (Phi) is 4.80. The van der Waals surface area contributed by atoms with Crippen LogP contribution in [0.25, 0.3) is 0 Å². The first kappa shape index (κ1) is 16.7. The second-order valence-electron chi connectivity index (χ2n) is 7.70. The molecule has 3 atom stereocenters. The number of nitrogens with zero attached hydrogens (tertiary/aromatic N) is 1. The highest BCUT2D eigenvalue weighted by molar-refractivity contribution is 5.56. The normalized spacial score (nSPS) is 27.6. The second-order valence-corrected chi connectivity index (χ2v) is 7.70. The molecule has 1 aliphatic carbocycles. The summed E-state index contributed by atoms with van der Waals surface area (Å²) >= 11 is 0. The minimum atomic E-state index is 0.0178. The van der Waals surface area contributed by atoms with Gasteiger partial charge < -0.3 is 9.64 Å². The van der Waals surface area contributed by atoms with Crippen molar-refractivity contribution >= 4 is 5.69 Å². The van der Waals surface area contributed by atoms with Crippen LogP contribution >= 0.6 is 0 Å². The van der Waals surface area contributed by atoms with E-state index in [1.54, 1.807) is 0 Å². The number of ether oxygens (including phenoxy) is 1. The lowest BCUT2D eigenvalue weighted by Gasteiger charge is -2.32. The van der Waals surface area contributed by atoms with Crippen LogP contribution in [0.4, 0.5) is 5.69 Å². The van der Waals surface area contributed by atoms with E-state index in [4.69, 9.17) is 4.74 Å². The third-order valence-electron chi connectivity index (χ3n) is 6.05. The molecule has 0 spiro atoms. The van der Waals surface area contributed by atoms with Crippen LogP contribution in [0.5, 0.6) is 0 Å². The van der Waals surface area contributed by atoms with E-state index in [9.17, 15) is 0 Å². The molecule has 0 aromatic heterocycles. The van der Waals surface area contributed by atoms with Crippen molar-refractivity contribution in [2.45, 2.75) is 64.3 Å². The largest absolute Gasteiger partial charge is 0.348 e. The highest BCUT2D eigenvalue weighted by Crippen LogP contribution is 2.44. The fraction of sp³-hybridized carbons (Fsp3) is 0.478. The van der Waals surface area contributed by atoms with Crippen LogP contribution in [0.15, 0.2) is 54.6 Å². The highest BCUT2D eigenvalue weighted by Gasteiger charge is 2.44. The van der Waals surface area contributed by atoms with E-state index < -0.39 is 0 Å². The van der Waals surface area contributed by atoms with Crippen LogP contribution in [0.3, 0.4) is 0 Å². The monoisotopic (exact) mass is 335 g/mol. The topological polar surface area (TPSA) is 12.5 Å². The Balaban J connectivity index is 1.71. The van der Waals surface area contributed by atoms with E-state index in [0.29, 0.717) is 18.1 Å². The third-order valence-corrected chi connectivity index (χ3v) is 6.05. The van der Waals surface area contributed by atoms with E-state index in [1.165, 1.54) is 48.9 Å². The first-order valence-electron chi connectivity index (χ1n) is 9.80. The fourth-order valence-electron chi connectivity index (χ4n) is 4.72. The molecular weight excluding hydrogens is 306 g/mol. The molecule has 2 aliphatic rings. The molecule has 2 unspecified atom stereocenters. The molecule has 1 heterocycles. The van der Waals surface area contributed by atoms with Gasteiger partial charge in [-0.25, -0.2) is 0 Å². The molecule has 1 saturated heterocycles. The first-order valence-corrected chi connectivity index (χ1v) is 9.80. The average Bonchev–Trinajstić information content (AvgIpc) is 3.01. The Hall–Kier alpha value is -1.80. The maximum Gasteiger partial charge on any atom is 0.157 e. The number of rotatable bonds is 3. The van der Waals surface area contributed by atoms with Crippen molar-refractivity contribution in [2.75, 3.05) is 4.90 Å². The second kappa shape index (κ2) is 7.21. The van der Waals surface area contributed by atoms with Crippen LogP contribution in [-0.2, 0) is 4.74 Å². The summed E-state index contributed by atoms with van der Waals surface area (Å²) in [4.78, 5) is 2.52. The van der Waals surface area contributed by atoms with Gasteiger partial charge in [-0.2, -0.15) is 0 Å². The van der Waals surface area contributed by atoms with Gasteiger partial charge in [0.25, 0.3) is 0 Å². The fourth-order valence-corrected chi connectivity index (χ4v) is 4.72. The van der Waals surface area contributed by atoms with Gasteiger partial charge in [-0.05, 0) is 44.2 Å². The summed E-state index contributed by atoms with van der Waals surface area (Å²) in [5, 5.41) is 0. The summed E-state index contributed by atoms with van der Waals surface area (Å²) in [5.74, 6) is 0.698. The molecule has 2 aromatic carbocycles. The van der Waals surface area contributed by atoms with Gasteiger partial charge in [0.1, 0.15) is 0 Å². The van der Waals surface area contributed by atoms with Crippen LogP contribution in [0.1, 0.15) is 56.4 Å². The number of hydrogen-bond acceptors (Lipinski definition) is 2. The minimum Gasteiger partial charge on any atom is -0.348 e. The zero-order chi connectivity index (χ0) is 17.2. The Morgan fingerprint density at radius 3 is 2.28 bits per heavy atom. The molecule has 0 bridgehead atoms. The van der Waals surface area contributed by atoms with Crippen molar-refractivity contribution in [1.82, 2.24) is 0 Å². The molecule has 132 valence electrons. The molecule has 2 aromatic rings. The smallest absolute Gasteiger partial charge is 0.157 e. The van der Waals surface area contributed by atoms with Gasteiger partial charge >= 0.3 is 0 Å². The summed E-state index contributed by atoms with van der Waals surface area (Å²) in [5.41, 5.74) is 3.89. The van der Waals surface area contributed by atoms with Crippen molar-refractivity contribution in [1.29, 1.82) is 0 Å². The van der Waals surface area contributed by atoms with Crippen LogP contribution in [0, 0.1) is 12.8 Å². The number of hydrogen-bond donors (Lipinski definition) is 0. The van der Waals surface area contributed by atoms with Gasteiger partial charge in [0, 0.05) is 11.3 Å². The molecule has 0 N–H and O–H groups in total. The number of benzene rings is 2. The maximum absolute atomic E-state index is 6.75. The molecule has 1 saturated carbocycles. The van der Waals surface area contributed by atoms with Crippen molar-refractivity contribution in [3.8, 4) is 0 Å². The highest BCUT2D eigenvalue weighted by atomic mass is 16.5. The van der Waals surface area contributed by atoms with Gasteiger partial charge in [0.15, 0.2) is 6.23 Å². The summed E-state index contributed by atoms with van der Waals surface area (Å²) < 4.78 is 6.75. The Labute approximate surface area is 151 Å². The van der Waals surface area contributed by atoms with Crippen molar-refractivity contribution < 1.29 is 4.74 Å². The molecular formula is C23H29NO. The predicted octanol–water partition coefficient (Wildman–Crippen LogP) is 5.87. The van der Waals surface area contributed by atoms with E-state index in [1.807, 2.05) is 0 Å². The zero-order valence-electron chi connectivity index (χ0n) is 15.4. The Bertz CT molecular complexity index is 692. The Morgan fingerprint density at radius 2 is 1.56 bits per heavy atom. The van der Waals surface area contributed by atoms with Gasteiger partial charge in [-0.15, -0.1) is 0 Å². The molecule has 1 aliphatic heterocycles. The summed E-state index contributed by atoms with van der Waals surface area (Å²) in [7, 11) is 0. The third kappa shape index (κ3) is 3.20. The van der Waals surface area contributed by atoms with Gasteiger partial charge in [-0.3, -0.25) is 0 Å². The van der Waals surface area contributed by atoms with Crippen LogP contribution in [-0.4, -0.2) is 12.1 Å². The van der Waals surface area contributed by atoms with Crippen LogP contribution < -0.4 is 4.90 Å². The van der Waals surface area contributed by atoms with Gasteiger partial charge in [-0.1, -0.05) is 67.8 Å². The van der Waals surface area contributed by atoms with E-state index in [2.05, 4.69) is 73.3 Å². The molecule has 25 heavy (non-hydrogen) atoms.